The quantitative estimate of drug-likeness (QED) is 0.610. The zero-order chi connectivity index (χ0) is 14.6. The summed E-state index contributed by atoms with van der Waals surface area (Å²) in [4.78, 5) is 10.8. The molecule has 0 fully saturated rings. The van der Waals surface area contributed by atoms with Gasteiger partial charge in [0.25, 0.3) is 0 Å². The number of amides is 1. The van der Waals surface area contributed by atoms with E-state index in [0.29, 0.717) is 6.61 Å². The van der Waals surface area contributed by atoms with Gasteiger partial charge in [0.2, 0.25) is 5.91 Å². The molecule has 0 heterocycles. The van der Waals surface area contributed by atoms with Crippen LogP contribution in [-0.2, 0) is 16.1 Å². The molecule has 112 valence electrons. The number of carbonyl (C=O) groups excluding carboxylic acids is 1. The smallest absolute Gasteiger partial charge is 0.234 e. The minimum atomic E-state index is -0.292. The second kappa shape index (κ2) is 10.4. The Morgan fingerprint density at radius 3 is 2.60 bits per heavy atom. The summed E-state index contributed by atoms with van der Waals surface area (Å²) in [7, 11) is 0. The molecular formula is C16H26N2O2. The molecule has 0 aliphatic rings. The first-order valence-electron chi connectivity index (χ1n) is 7.34. The third-order valence-corrected chi connectivity index (χ3v) is 3.20. The van der Waals surface area contributed by atoms with E-state index >= 15 is 0 Å². The van der Waals surface area contributed by atoms with Crippen molar-refractivity contribution >= 4 is 5.91 Å². The number of ether oxygens (including phenoxy) is 1. The molecule has 4 heteroatoms. The molecule has 1 unspecified atom stereocenters. The topological polar surface area (TPSA) is 64.3 Å². The molecule has 4 nitrogen and oxygen atoms in total. The van der Waals surface area contributed by atoms with E-state index in [1.165, 1.54) is 5.56 Å². The van der Waals surface area contributed by atoms with Crippen molar-refractivity contribution in [2.75, 3.05) is 13.2 Å². The Bertz CT molecular complexity index is 368. The van der Waals surface area contributed by atoms with E-state index in [1.807, 2.05) is 18.2 Å². The molecule has 0 saturated heterocycles. The van der Waals surface area contributed by atoms with E-state index in [4.69, 9.17) is 10.5 Å². The van der Waals surface area contributed by atoms with Crippen LogP contribution in [0.5, 0.6) is 0 Å². The van der Waals surface area contributed by atoms with Crippen molar-refractivity contribution in [1.82, 2.24) is 5.32 Å². The van der Waals surface area contributed by atoms with Crippen molar-refractivity contribution in [3.05, 3.63) is 35.9 Å². The van der Waals surface area contributed by atoms with Gasteiger partial charge < -0.3 is 15.8 Å². The number of unbranched alkanes of at least 4 members (excludes halogenated alkanes) is 3. The van der Waals surface area contributed by atoms with E-state index in [1.54, 1.807) is 6.92 Å². The fraction of sp³-hybridized carbons (Fsp3) is 0.562. The van der Waals surface area contributed by atoms with Crippen molar-refractivity contribution < 1.29 is 9.53 Å². The molecule has 1 aromatic carbocycles. The third kappa shape index (κ3) is 7.92. The fourth-order valence-electron chi connectivity index (χ4n) is 1.87. The van der Waals surface area contributed by atoms with E-state index in [2.05, 4.69) is 17.4 Å². The first-order valence-corrected chi connectivity index (χ1v) is 7.34. The summed E-state index contributed by atoms with van der Waals surface area (Å²) in [6.45, 7) is 4.13. The molecule has 0 aromatic heterocycles. The summed E-state index contributed by atoms with van der Waals surface area (Å²) in [5, 5.41) is 3.10. The van der Waals surface area contributed by atoms with Crippen molar-refractivity contribution in [3.63, 3.8) is 0 Å². The predicted octanol–water partition coefficient (Wildman–Crippen LogP) is 2.23. The molecule has 1 amide bonds. The molecule has 1 atom stereocenters. The number of primary amides is 1. The number of nitrogens with one attached hydrogen (secondary N) is 1. The van der Waals surface area contributed by atoms with E-state index in [0.717, 1.165) is 38.8 Å². The molecule has 0 aliphatic carbocycles. The molecule has 1 rings (SSSR count). The maximum atomic E-state index is 10.8. The summed E-state index contributed by atoms with van der Waals surface area (Å²) in [6.07, 6.45) is 4.45. The van der Waals surface area contributed by atoms with Crippen LogP contribution in [0.25, 0.3) is 0 Å². The van der Waals surface area contributed by atoms with E-state index in [-0.39, 0.29) is 11.9 Å². The zero-order valence-electron chi connectivity index (χ0n) is 12.3. The van der Waals surface area contributed by atoms with Gasteiger partial charge in [0.05, 0.1) is 12.6 Å². The van der Waals surface area contributed by atoms with Crippen LogP contribution >= 0.6 is 0 Å². The van der Waals surface area contributed by atoms with Crippen molar-refractivity contribution in [2.45, 2.75) is 45.3 Å². The Morgan fingerprint density at radius 1 is 1.20 bits per heavy atom. The molecule has 0 radical (unpaired) electrons. The Balaban J connectivity index is 1.87. The van der Waals surface area contributed by atoms with Gasteiger partial charge in [-0.25, -0.2) is 0 Å². The van der Waals surface area contributed by atoms with E-state index < -0.39 is 0 Å². The molecule has 20 heavy (non-hydrogen) atoms. The first-order chi connectivity index (χ1) is 9.70. The number of benzene rings is 1. The second-order valence-electron chi connectivity index (χ2n) is 5.03. The normalized spacial score (nSPS) is 12.2. The lowest BCUT2D eigenvalue weighted by Gasteiger charge is -2.09. The SMILES string of the molecule is CC(NCCCCCCOCc1ccccc1)C(N)=O. The minimum Gasteiger partial charge on any atom is -0.377 e. The van der Waals surface area contributed by atoms with Gasteiger partial charge in [-0.1, -0.05) is 43.2 Å². The molecule has 0 aliphatic heterocycles. The Morgan fingerprint density at radius 2 is 1.90 bits per heavy atom. The molecule has 0 bridgehead atoms. The van der Waals surface area contributed by atoms with Gasteiger partial charge in [0.1, 0.15) is 0 Å². The average molecular weight is 278 g/mol. The highest BCUT2D eigenvalue weighted by Gasteiger charge is 2.05. The third-order valence-electron chi connectivity index (χ3n) is 3.20. The van der Waals surface area contributed by atoms with Gasteiger partial charge in [-0.05, 0) is 31.9 Å². The number of carbonyl (C=O) groups is 1. The Kier molecular flexibility index (Phi) is 8.67. The number of hydrogen-bond donors (Lipinski definition) is 2. The lowest BCUT2D eigenvalue weighted by atomic mass is 10.2. The molecule has 1 aromatic rings. The van der Waals surface area contributed by atoms with Gasteiger partial charge in [-0.15, -0.1) is 0 Å². The van der Waals surface area contributed by atoms with Crippen LogP contribution in [0.2, 0.25) is 0 Å². The monoisotopic (exact) mass is 278 g/mol. The van der Waals surface area contributed by atoms with Crippen LogP contribution < -0.4 is 11.1 Å². The van der Waals surface area contributed by atoms with E-state index in [9.17, 15) is 4.79 Å². The summed E-state index contributed by atoms with van der Waals surface area (Å²) in [5.74, 6) is -0.292. The number of rotatable bonds is 11. The number of hydrogen-bond acceptors (Lipinski definition) is 3. The average Bonchev–Trinajstić information content (AvgIpc) is 2.46. The number of nitrogens with two attached hydrogens (primary N) is 1. The van der Waals surface area contributed by atoms with Gasteiger partial charge in [-0.3, -0.25) is 4.79 Å². The van der Waals surface area contributed by atoms with Crippen molar-refractivity contribution in [2.24, 2.45) is 5.73 Å². The van der Waals surface area contributed by atoms with Crippen LogP contribution in [0, 0.1) is 0 Å². The second-order valence-corrected chi connectivity index (χ2v) is 5.03. The minimum absolute atomic E-state index is 0.232. The van der Waals surface area contributed by atoms with Gasteiger partial charge >= 0.3 is 0 Å². The molecular weight excluding hydrogens is 252 g/mol. The molecule has 3 N–H and O–H groups in total. The van der Waals surface area contributed by atoms with Crippen LogP contribution in [-0.4, -0.2) is 25.1 Å². The standard InChI is InChI=1S/C16H26N2O2/c1-14(16(17)19)18-11-7-2-3-8-12-20-13-15-9-5-4-6-10-15/h4-6,9-10,14,18H,2-3,7-8,11-13H2,1H3,(H2,17,19). The van der Waals surface area contributed by atoms with Crippen molar-refractivity contribution in [3.8, 4) is 0 Å². The largest absolute Gasteiger partial charge is 0.377 e. The van der Waals surface area contributed by atoms with Crippen LogP contribution in [0.1, 0.15) is 38.2 Å². The summed E-state index contributed by atoms with van der Waals surface area (Å²) in [6, 6.07) is 9.98. The predicted molar refractivity (Wildman–Crippen MR) is 81.2 cm³/mol. The highest BCUT2D eigenvalue weighted by Crippen LogP contribution is 2.03. The maximum Gasteiger partial charge on any atom is 0.234 e. The van der Waals surface area contributed by atoms with Crippen LogP contribution in [0.3, 0.4) is 0 Å². The Labute approximate surface area is 121 Å². The van der Waals surface area contributed by atoms with Gasteiger partial charge in [-0.2, -0.15) is 0 Å². The summed E-state index contributed by atoms with van der Waals surface area (Å²) < 4.78 is 5.62. The highest BCUT2D eigenvalue weighted by molar-refractivity contribution is 5.79. The van der Waals surface area contributed by atoms with Crippen LogP contribution in [0.15, 0.2) is 30.3 Å². The van der Waals surface area contributed by atoms with Crippen LogP contribution in [0.4, 0.5) is 0 Å². The Hall–Kier alpha value is -1.39. The molecule has 0 spiro atoms. The maximum absolute atomic E-state index is 10.8. The van der Waals surface area contributed by atoms with Gasteiger partial charge in [0, 0.05) is 6.61 Å². The lowest BCUT2D eigenvalue weighted by molar-refractivity contribution is -0.119. The lowest BCUT2D eigenvalue weighted by Crippen LogP contribution is -2.39. The fourth-order valence-corrected chi connectivity index (χ4v) is 1.87. The summed E-state index contributed by atoms with van der Waals surface area (Å²) in [5.41, 5.74) is 6.38. The summed E-state index contributed by atoms with van der Waals surface area (Å²) >= 11 is 0. The first kappa shape index (κ1) is 16.7. The highest BCUT2D eigenvalue weighted by atomic mass is 16.5. The zero-order valence-corrected chi connectivity index (χ0v) is 12.3. The molecule has 0 saturated carbocycles. The van der Waals surface area contributed by atoms with Crippen molar-refractivity contribution in [1.29, 1.82) is 0 Å². The van der Waals surface area contributed by atoms with Gasteiger partial charge in [0.15, 0.2) is 0 Å².